The summed E-state index contributed by atoms with van der Waals surface area (Å²) in [5.74, 6) is -1.22. The van der Waals surface area contributed by atoms with Gasteiger partial charge in [-0.25, -0.2) is 0 Å². The quantitative estimate of drug-likeness (QED) is 0.650. The van der Waals surface area contributed by atoms with Crippen LogP contribution in [0.5, 0.6) is 0 Å². The van der Waals surface area contributed by atoms with E-state index < -0.39 is 17.9 Å². The Hall–Kier alpha value is -2.08. The number of hydrogen-bond acceptors (Lipinski definition) is 5. The maximum atomic E-state index is 11.9. The van der Waals surface area contributed by atoms with Crippen molar-refractivity contribution in [3.05, 3.63) is 29.5 Å². The molecule has 1 heterocycles. The number of carbonyl (C=O) groups is 2. The number of benzene rings is 1. The summed E-state index contributed by atoms with van der Waals surface area (Å²) in [6, 6.07) is 3.76. The van der Waals surface area contributed by atoms with E-state index in [-0.39, 0.29) is 6.42 Å². The van der Waals surface area contributed by atoms with Crippen LogP contribution in [0, 0.1) is 5.92 Å². The van der Waals surface area contributed by atoms with Gasteiger partial charge in [0.15, 0.2) is 0 Å². The van der Waals surface area contributed by atoms with Crippen LogP contribution in [-0.4, -0.2) is 36.4 Å². The third-order valence-electron chi connectivity index (χ3n) is 3.61. The van der Waals surface area contributed by atoms with E-state index in [0.29, 0.717) is 12.3 Å². The standard InChI is InChI=1S/C15H17ClN2O4/c1-21-14(19)6-10(15(20)22-2)5-9-3-4-13-12(8-17-18-13)11(9)7-16/h3-4,8,10H,5-7H2,1-2H3,(H,17,18)/t10-/m0/s1. The first-order chi connectivity index (χ1) is 10.6. The van der Waals surface area contributed by atoms with Gasteiger partial charge in [0.05, 0.1) is 38.3 Å². The van der Waals surface area contributed by atoms with Crippen LogP contribution in [0.3, 0.4) is 0 Å². The fourth-order valence-electron chi connectivity index (χ4n) is 2.43. The summed E-state index contributed by atoms with van der Waals surface area (Å²) < 4.78 is 9.42. The first kappa shape index (κ1) is 16.3. The molecule has 0 fully saturated rings. The Balaban J connectivity index is 2.32. The van der Waals surface area contributed by atoms with Crippen molar-refractivity contribution < 1.29 is 19.1 Å². The van der Waals surface area contributed by atoms with Crippen molar-refractivity contribution in [2.45, 2.75) is 18.7 Å². The summed E-state index contributed by atoms with van der Waals surface area (Å²) in [5, 5.41) is 7.78. The molecule has 0 saturated heterocycles. The molecule has 118 valence electrons. The molecule has 0 bridgehead atoms. The molecule has 7 heteroatoms. The molecule has 6 nitrogen and oxygen atoms in total. The monoisotopic (exact) mass is 324 g/mol. The average Bonchev–Trinajstić information content (AvgIpc) is 3.01. The number of aromatic amines is 1. The minimum Gasteiger partial charge on any atom is -0.469 e. The Morgan fingerprint density at radius 2 is 2.09 bits per heavy atom. The molecule has 0 saturated carbocycles. The number of halogens is 1. The second-order valence-electron chi connectivity index (χ2n) is 4.87. The molecule has 1 aromatic heterocycles. The molecule has 1 N–H and O–H groups in total. The van der Waals surface area contributed by atoms with Crippen LogP contribution in [0.4, 0.5) is 0 Å². The van der Waals surface area contributed by atoms with Gasteiger partial charge in [-0.1, -0.05) is 6.07 Å². The highest BCUT2D eigenvalue weighted by atomic mass is 35.5. The highest BCUT2D eigenvalue weighted by Crippen LogP contribution is 2.26. The van der Waals surface area contributed by atoms with Crippen LogP contribution >= 0.6 is 11.6 Å². The first-order valence-corrected chi connectivity index (χ1v) is 7.28. The maximum Gasteiger partial charge on any atom is 0.309 e. The Bertz CT molecular complexity index is 683. The Kier molecular flexibility index (Phi) is 5.38. The van der Waals surface area contributed by atoms with Gasteiger partial charge in [0.25, 0.3) is 0 Å². The lowest BCUT2D eigenvalue weighted by atomic mass is 9.92. The van der Waals surface area contributed by atoms with Gasteiger partial charge in [-0.05, 0) is 23.6 Å². The highest BCUT2D eigenvalue weighted by Gasteiger charge is 2.25. The SMILES string of the molecule is COC(=O)C[C@H](Cc1ccc2[nH]ncc2c1CCl)C(=O)OC. The van der Waals surface area contributed by atoms with Crippen molar-refractivity contribution in [1.82, 2.24) is 10.2 Å². The molecule has 0 aliphatic rings. The number of nitrogens with one attached hydrogen (secondary N) is 1. The second kappa shape index (κ2) is 7.26. The van der Waals surface area contributed by atoms with E-state index in [2.05, 4.69) is 14.9 Å². The molecule has 1 atom stereocenters. The van der Waals surface area contributed by atoms with Crippen LogP contribution in [0.25, 0.3) is 10.9 Å². The molecule has 0 radical (unpaired) electrons. The molecule has 0 aliphatic heterocycles. The van der Waals surface area contributed by atoms with Crippen LogP contribution in [0.2, 0.25) is 0 Å². The molecular formula is C15H17ClN2O4. The van der Waals surface area contributed by atoms with Crippen LogP contribution in [0.1, 0.15) is 17.5 Å². The number of H-pyrrole nitrogens is 1. The highest BCUT2D eigenvalue weighted by molar-refractivity contribution is 6.18. The summed E-state index contributed by atoms with van der Waals surface area (Å²) in [7, 11) is 2.59. The number of esters is 2. The van der Waals surface area contributed by atoms with E-state index in [1.54, 1.807) is 6.20 Å². The van der Waals surface area contributed by atoms with Gasteiger partial charge in [-0.15, -0.1) is 11.6 Å². The minimum absolute atomic E-state index is 0.0334. The van der Waals surface area contributed by atoms with Crippen molar-refractivity contribution in [2.24, 2.45) is 5.92 Å². The molecule has 0 aliphatic carbocycles. The number of methoxy groups -OCH3 is 2. The van der Waals surface area contributed by atoms with Crippen molar-refractivity contribution in [3.8, 4) is 0 Å². The second-order valence-corrected chi connectivity index (χ2v) is 5.14. The fraction of sp³-hybridized carbons (Fsp3) is 0.400. The number of fused-ring (bicyclic) bond motifs is 1. The van der Waals surface area contributed by atoms with Crippen molar-refractivity contribution in [2.75, 3.05) is 14.2 Å². The zero-order valence-corrected chi connectivity index (χ0v) is 13.1. The van der Waals surface area contributed by atoms with Crippen molar-refractivity contribution in [3.63, 3.8) is 0 Å². The summed E-state index contributed by atoms with van der Waals surface area (Å²) in [5.41, 5.74) is 2.66. The lowest BCUT2D eigenvalue weighted by molar-refractivity contribution is -0.151. The van der Waals surface area contributed by atoms with Crippen LogP contribution < -0.4 is 0 Å². The first-order valence-electron chi connectivity index (χ1n) is 6.75. The van der Waals surface area contributed by atoms with E-state index >= 15 is 0 Å². The van der Waals surface area contributed by atoms with Gasteiger partial charge in [0, 0.05) is 11.3 Å². The number of carbonyl (C=O) groups excluding carboxylic acids is 2. The number of hydrogen-bond donors (Lipinski definition) is 1. The molecule has 0 amide bonds. The number of aromatic nitrogens is 2. The van der Waals surface area contributed by atoms with Crippen LogP contribution in [0.15, 0.2) is 18.3 Å². The molecule has 0 unspecified atom stereocenters. The van der Waals surface area contributed by atoms with Crippen LogP contribution in [-0.2, 0) is 31.4 Å². The zero-order chi connectivity index (χ0) is 16.1. The van der Waals surface area contributed by atoms with Gasteiger partial charge < -0.3 is 9.47 Å². The zero-order valence-electron chi connectivity index (χ0n) is 12.4. The molecule has 2 rings (SSSR count). The molecule has 1 aromatic carbocycles. The van der Waals surface area contributed by atoms with E-state index in [9.17, 15) is 9.59 Å². The molecule has 22 heavy (non-hydrogen) atoms. The average molecular weight is 325 g/mol. The van der Waals surface area contributed by atoms with Gasteiger partial charge >= 0.3 is 11.9 Å². The number of alkyl halides is 1. The van der Waals surface area contributed by atoms with Gasteiger partial charge in [-0.3, -0.25) is 14.7 Å². The van der Waals surface area contributed by atoms with Crippen molar-refractivity contribution in [1.29, 1.82) is 0 Å². The molecule has 2 aromatic rings. The molecule has 0 spiro atoms. The van der Waals surface area contributed by atoms with Gasteiger partial charge in [0.2, 0.25) is 0 Å². The van der Waals surface area contributed by atoms with Crippen molar-refractivity contribution >= 4 is 34.4 Å². The maximum absolute atomic E-state index is 11.9. The smallest absolute Gasteiger partial charge is 0.309 e. The van der Waals surface area contributed by atoms with E-state index in [1.165, 1.54) is 14.2 Å². The number of nitrogens with zero attached hydrogens (tertiary/aromatic N) is 1. The molecular weight excluding hydrogens is 308 g/mol. The topological polar surface area (TPSA) is 81.3 Å². The number of rotatable bonds is 6. The van der Waals surface area contributed by atoms with Gasteiger partial charge in [-0.2, -0.15) is 5.10 Å². The Morgan fingerprint density at radius 3 is 2.73 bits per heavy atom. The Morgan fingerprint density at radius 1 is 1.32 bits per heavy atom. The predicted octanol–water partition coefficient (Wildman–Crippen LogP) is 2.20. The summed E-state index contributed by atoms with van der Waals surface area (Å²) in [6.45, 7) is 0. The summed E-state index contributed by atoms with van der Waals surface area (Å²) in [4.78, 5) is 23.4. The lowest BCUT2D eigenvalue weighted by Gasteiger charge is -2.16. The fourth-order valence-corrected chi connectivity index (χ4v) is 2.74. The van der Waals surface area contributed by atoms with E-state index in [4.69, 9.17) is 16.3 Å². The van der Waals surface area contributed by atoms with E-state index in [0.717, 1.165) is 22.0 Å². The normalized spacial score (nSPS) is 12.1. The predicted molar refractivity (Wildman–Crippen MR) is 81.5 cm³/mol. The summed E-state index contributed by atoms with van der Waals surface area (Å²) in [6.07, 6.45) is 2.02. The number of ether oxygens (including phenoxy) is 2. The Labute approximate surface area is 132 Å². The summed E-state index contributed by atoms with van der Waals surface area (Å²) >= 11 is 6.05. The van der Waals surface area contributed by atoms with E-state index in [1.807, 2.05) is 12.1 Å². The lowest BCUT2D eigenvalue weighted by Crippen LogP contribution is -2.23. The largest absolute Gasteiger partial charge is 0.469 e. The third-order valence-corrected chi connectivity index (χ3v) is 3.88. The van der Waals surface area contributed by atoms with Gasteiger partial charge in [0.1, 0.15) is 0 Å². The third kappa shape index (κ3) is 3.39. The minimum atomic E-state index is -0.608.